The maximum absolute atomic E-state index is 12.4. The highest BCUT2D eigenvalue weighted by molar-refractivity contribution is 5.71. The quantitative estimate of drug-likeness (QED) is 0.456. The Morgan fingerprint density at radius 3 is 2.33 bits per heavy atom. The lowest BCUT2D eigenvalue weighted by atomic mass is 10.1. The van der Waals surface area contributed by atoms with Crippen LogP contribution in [0.5, 0.6) is 0 Å². The van der Waals surface area contributed by atoms with E-state index in [1.54, 1.807) is 0 Å². The van der Waals surface area contributed by atoms with E-state index < -0.39 is 29.5 Å². The van der Waals surface area contributed by atoms with E-state index in [1.165, 1.54) is 24.3 Å². The number of carbonyl (C=O) groups is 1. The van der Waals surface area contributed by atoms with Gasteiger partial charge in [-0.1, -0.05) is 12.1 Å². The highest BCUT2D eigenvalue weighted by Crippen LogP contribution is 2.25. The summed E-state index contributed by atoms with van der Waals surface area (Å²) in [4.78, 5) is 20.4. The predicted molar refractivity (Wildman–Crippen MR) is 66.9 cm³/mol. The van der Waals surface area contributed by atoms with Crippen molar-refractivity contribution < 1.29 is 28.0 Å². The van der Waals surface area contributed by atoms with Gasteiger partial charge in [-0.3, -0.25) is 14.9 Å². The molecule has 0 bridgehead atoms. The lowest BCUT2D eigenvalue weighted by Crippen LogP contribution is -2.39. The molecule has 0 saturated heterocycles. The van der Waals surface area contributed by atoms with Crippen LogP contribution in [0, 0.1) is 16.0 Å². The molecular weight excluding hydrogens is 293 g/mol. The van der Waals surface area contributed by atoms with Crippen LogP contribution in [0.15, 0.2) is 24.3 Å². The molecule has 9 heteroatoms. The summed E-state index contributed by atoms with van der Waals surface area (Å²) in [6.07, 6.45) is -4.46. The molecule has 0 aromatic heterocycles. The van der Waals surface area contributed by atoms with Crippen LogP contribution in [0.2, 0.25) is 0 Å². The molecule has 1 unspecified atom stereocenters. The maximum atomic E-state index is 12.4. The van der Waals surface area contributed by atoms with Crippen molar-refractivity contribution >= 4 is 11.7 Å². The molecule has 0 fully saturated rings. The molecule has 2 N–H and O–H groups in total. The maximum Gasteiger partial charge on any atom is 0.403 e. The van der Waals surface area contributed by atoms with E-state index in [4.69, 9.17) is 5.11 Å². The zero-order valence-electron chi connectivity index (χ0n) is 10.8. The fourth-order valence-electron chi connectivity index (χ4n) is 1.61. The fraction of sp³-hybridized carbons (Fsp3) is 0.417. The van der Waals surface area contributed by atoms with Gasteiger partial charge in [-0.2, -0.15) is 13.2 Å². The van der Waals surface area contributed by atoms with Crippen LogP contribution in [0.1, 0.15) is 5.56 Å². The first-order valence-corrected chi connectivity index (χ1v) is 5.95. The Labute approximate surface area is 117 Å². The molecule has 0 heterocycles. The molecule has 1 aromatic carbocycles. The number of non-ortho nitro benzene ring substituents is 1. The molecule has 0 amide bonds. The Bertz CT molecular complexity index is 502. The van der Waals surface area contributed by atoms with Crippen LogP contribution in [0.4, 0.5) is 18.9 Å². The van der Waals surface area contributed by atoms with Gasteiger partial charge in [-0.15, -0.1) is 0 Å². The summed E-state index contributed by atoms with van der Waals surface area (Å²) >= 11 is 0. The molecule has 0 aliphatic heterocycles. The van der Waals surface area contributed by atoms with E-state index in [0.29, 0.717) is 12.0 Å². The molecule has 1 rings (SSSR count). The number of aliphatic carboxylic acids is 1. The highest BCUT2D eigenvalue weighted by Gasteiger charge is 2.44. The van der Waals surface area contributed by atoms with Crippen molar-refractivity contribution in [3.05, 3.63) is 39.9 Å². The Morgan fingerprint density at radius 2 is 1.90 bits per heavy atom. The number of nitro groups is 1. The number of hydrogen-bond donors (Lipinski definition) is 2. The first-order chi connectivity index (χ1) is 9.71. The van der Waals surface area contributed by atoms with E-state index >= 15 is 0 Å². The number of hydrogen-bond acceptors (Lipinski definition) is 4. The predicted octanol–water partition coefficient (Wildman–Crippen LogP) is 1.99. The van der Waals surface area contributed by atoms with Gasteiger partial charge in [0.25, 0.3) is 5.69 Å². The number of carboxylic acids is 1. The molecule has 6 nitrogen and oxygen atoms in total. The number of carboxylic acid groups (broad SMARTS) is 1. The van der Waals surface area contributed by atoms with Crippen LogP contribution < -0.4 is 5.32 Å². The highest BCUT2D eigenvalue weighted by atomic mass is 19.4. The number of nitro benzene ring substituents is 1. The SMILES string of the molecule is O=C(O)C(CNCCc1ccc([N+](=O)[O-])cc1)C(F)(F)F. The second kappa shape index (κ2) is 7.02. The monoisotopic (exact) mass is 306 g/mol. The average Bonchev–Trinajstić information content (AvgIpc) is 2.37. The summed E-state index contributed by atoms with van der Waals surface area (Å²) in [5.74, 6) is -4.38. The van der Waals surface area contributed by atoms with E-state index in [-0.39, 0.29) is 12.2 Å². The van der Waals surface area contributed by atoms with Crippen molar-refractivity contribution in [2.45, 2.75) is 12.6 Å². The summed E-state index contributed by atoms with van der Waals surface area (Å²) in [5, 5.41) is 21.3. The van der Waals surface area contributed by atoms with Gasteiger partial charge in [0.15, 0.2) is 5.92 Å². The standard InChI is InChI=1S/C12H13F3N2O4/c13-12(14,15)10(11(18)19)7-16-6-5-8-1-3-9(4-2-8)17(20)21/h1-4,10,16H,5-7H2,(H,18,19). The first-order valence-electron chi connectivity index (χ1n) is 5.95. The normalized spacial score (nSPS) is 12.9. The van der Waals surface area contributed by atoms with Crippen LogP contribution in [0.25, 0.3) is 0 Å². The number of nitrogens with one attached hydrogen (secondary N) is 1. The van der Waals surface area contributed by atoms with Crippen molar-refractivity contribution in [2.24, 2.45) is 5.92 Å². The largest absolute Gasteiger partial charge is 0.481 e. The molecule has 0 saturated carbocycles. The van der Waals surface area contributed by atoms with Gasteiger partial charge in [0.2, 0.25) is 0 Å². The average molecular weight is 306 g/mol. The minimum Gasteiger partial charge on any atom is -0.481 e. The number of rotatable bonds is 7. The number of halogens is 3. The molecular formula is C12H13F3N2O4. The number of nitrogens with zero attached hydrogens (tertiary/aromatic N) is 1. The smallest absolute Gasteiger partial charge is 0.403 e. The molecule has 21 heavy (non-hydrogen) atoms. The van der Waals surface area contributed by atoms with Gasteiger partial charge >= 0.3 is 12.1 Å². The Balaban J connectivity index is 2.43. The molecule has 0 aliphatic rings. The van der Waals surface area contributed by atoms with Crippen LogP contribution in [-0.4, -0.2) is 35.3 Å². The number of benzene rings is 1. The molecule has 116 valence electrons. The van der Waals surface area contributed by atoms with Crippen molar-refractivity contribution in [1.82, 2.24) is 5.32 Å². The van der Waals surface area contributed by atoms with E-state index in [1.807, 2.05) is 0 Å². The van der Waals surface area contributed by atoms with Gasteiger partial charge in [0, 0.05) is 18.7 Å². The summed E-state index contributed by atoms with van der Waals surface area (Å²) in [6.45, 7) is -0.580. The second-order valence-electron chi connectivity index (χ2n) is 4.31. The van der Waals surface area contributed by atoms with Crippen LogP contribution in [0.3, 0.4) is 0 Å². The van der Waals surface area contributed by atoms with Crippen molar-refractivity contribution in [2.75, 3.05) is 13.1 Å². The van der Waals surface area contributed by atoms with Crippen molar-refractivity contribution in [1.29, 1.82) is 0 Å². The van der Waals surface area contributed by atoms with Crippen molar-refractivity contribution in [3.63, 3.8) is 0 Å². The van der Waals surface area contributed by atoms with Gasteiger partial charge in [-0.05, 0) is 18.5 Å². The zero-order valence-corrected chi connectivity index (χ0v) is 10.8. The Kier molecular flexibility index (Phi) is 5.65. The lowest BCUT2D eigenvalue weighted by Gasteiger charge is -2.16. The van der Waals surface area contributed by atoms with Crippen molar-refractivity contribution in [3.8, 4) is 0 Å². The van der Waals surface area contributed by atoms with Crippen LogP contribution in [-0.2, 0) is 11.2 Å². The molecule has 0 spiro atoms. The summed E-state index contributed by atoms with van der Waals surface area (Å²) in [5.41, 5.74) is 0.627. The van der Waals surface area contributed by atoms with Crippen LogP contribution >= 0.6 is 0 Å². The summed E-state index contributed by atoms with van der Waals surface area (Å²) < 4.78 is 37.1. The van der Waals surface area contributed by atoms with E-state index in [2.05, 4.69) is 5.32 Å². The topological polar surface area (TPSA) is 92.5 Å². The van der Waals surface area contributed by atoms with E-state index in [9.17, 15) is 28.1 Å². The summed E-state index contributed by atoms with van der Waals surface area (Å²) in [6, 6.07) is 5.59. The minimum absolute atomic E-state index is 0.0743. The van der Waals surface area contributed by atoms with Gasteiger partial charge in [0.05, 0.1) is 4.92 Å². The minimum atomic E-state index is -4.80. The van der Waals surface area contributed by atoms with E-state index in [0.717, 1.165) is 0 Å². The van der Waals surface area contributed by atoms with Gasteiger partial charge in [-0.25, -0.2) is 0 Å². The third kappa shape index (κ3) is 5.38. The molecule has 1 atom stereocenters. The third-order valence-electron chi connectivity index (χ3n) is 2.78. The molecule has 0 aliphatic carbocycles. The first kappa shape index (κ1) is 16.9. The second-order valence-corrected chi connectivity index (χ2v) is 4.31. The Hall–Kier alpha value is -2.16. The third-order valence-corrected chi connectivity index (χ3v) is 2.78. The fourth-order valence-corrected chi connectivity index (χ4v) is 1.61. The summed E-state index contributed by atoms with van der Waals surface area (Å²) in [7, 11) is 0. The zero-order chi connectivity index (χ0) is 16.0. The molecule has 0 radical (unpaired) electrons. The lowest BCUT2D eigenvalue weighted by molar-refractivity contribution is -0.384. The molecule has 1 aromatic rings. The Morgan fingerprint density at radius 1 is 1.33 bits per heavy atom. The van der Waals surface area contributed by atoms with Gasteiger partial charge < -0.3 is 10.4 Å². The number of alkyl halides is 3. The van der Waals surface area contributed by atoms with Gasteiger partial charge in [0.1, 0.15) is 0 Å².